The Morgan fingerprint density at radius 2 is 2.11 bits per heavy atom. The molecule has 0 aliphatic heterocycles. The Morgan fingerprint density at radius 1 is 1.39 bits per heavy atom. The molecule has 0 atom stereocenters. The quantitative estimate of drug-likeness (QED) is 0.667. The molecule has 0 aromatic heterocycles. The lowest BCUT2D eigenvalue weighted by atomic mass is 10.1. The average Bonchev–Trinajstić information content (AvgIpc) is 2.84. The van der Waals surface area contributed by atoms with Crippen LogP contribution in [0.25, 0.3) is 0 Å². The van der Waals surface area contributed by atoms with Crippen LogP contribution in [0.15, 0.2) is 22.7 Å². The van der Waals surface area contributed by atoms with Crippen molar-refractivity contribution in [1.82, 2.24) is 5.32 Å². The van der Waals surface area contributed by atoms with Gasteiger partial charge in [0.2, 0.25) is 0 Å². The van der Waals surface area contributed by atoms with Gasteiger partial charge in [-0.25, -0.2) is 0 Å². The van der Waals surface area contributed by atoms with Crippen LogP contribution in [0.3, 0.4) is 0 Å². The molecule has 2 rings (SSSR count). The summed E-state index contributed by atoms with van der Waals surface area (Å²) in [5, 5.41) is 14.2. The fraction of sp³-hybridized carbons (Fsp3) is 0.538. The summed E-state index contributed by atoms with van der Waals surface area (Å²) in [4.78, 5) is 10.5. The summed E-state index contributed by atoms with van der Waals surface area (Å²) < 4.78 is 0.592. The fourth-order valence-electron chi connectivity index (χ4n) is 2.47. The van der Waals surface area contributed by atoms with Crippen molar-refractivity contribution in [3.63, 3.8) is 0 Å². The lowest BCUT2D eigenvalue weighted by molar-refractivity contribution is -0.385. The van der Waals surface area contributed by atoms with Crippen LogP contribution in [0.4, 0.5) is 5.69 Å². The highest BCUT2D eigenvalue weighted by Gasteiger charge is 2.16. The summed E-state index contributed by atoms with van der Waals surface area (Å²) in [5.74, 6) is 0.780. The zero-order valence-electron chi connectivity index (χ0n) is 10.2. The first kappa shape index (κ1) is 13.5. The monoisotopic (exact) mass is 312 g/mol. The van der Waals surface area contributed by atoms with Crippen LogP contribution < -0.4 is 5.32 Å². The first-order chi connectivity index (χ1) is 8.68. The van der Waals surface area contributed by atoms with E-state index in [1.165, 1.54) is 31.7 Å². The molecule has 0 bridgehead atoms. The summed E-state index contributed by atoms with van der Waals surface area (Å²) in [6.07, 6.45) is 5.30. The van der Waals surface area contributed by atoms with Crippen molar-refractivity contribution in [2.45, 2.75) is 32.2 Å². The van der Waals surface area contributed by atoms with Gasteiger partial charge in [0.25, 0.3) is 5.69 Å². The maximum Gasteiger partial charge on any atom is 0.283 e. The van der Waals surface area contributed by atoms with Crippen molar-refractivity contribution in [2.24, 2.45) is 5.92 Å². The van der Waals surface area contributed by atoms with Crippen molar-refractivity contribution in [2.75, 3.05) is 6.54 Å². The summed E-state index contributed by atoms with van der Waals surface area (Å²) in [5.41, 5.74) is 1.08. The molecule has 1 N–H and O–H groups in total. The topological polar surface area (TPSA) is 55.2 Å². The highest BCUT2D eigenvalue weighted by atomic mass is 79.9. The summed E-state index contributed by atoms with van der Waals surface area (Å²) >= 11 is 3.31. The third-order valence-corrected chi connectivity index (χ3v) is 4.39. The molecule has 1 fully saturated rings. The number of nitrogens with zero attached hydrogens (tertiary/aromatic N) is 1. The van der Waals surface area contributed by atoms with Crippen molar-refractivity contribution in [3.8, 4) is 0 Å². The Labute approximate surface area is 115 Å². The molecule has 0 spiro atoms. The van der Waals surface area contributed by atoms with Crippen LogP contribution >= 0.6 is 15.9 Å². The highest BCUT2D eigenvalue weighted by molar-refractivity contribution is 9.10. The minimum Gasteiger partial charge on any atom is -0.312 e. The van der Waals surface area contributed by atoms with Gasteiger partial charge in [0.1, 0.15) is 0 Å². The van der Waals surface area contributed by atoms with Gasteiger partial charge >= 0.3 is 0 Å². The third kappa shape index (κ3) is 3.29. The number of hydrogen-bond acceptors (Lipinski definition) is 3. The van der Waals surface area contributed by atoms with Gasteiger partial charge < -0.3 is 5.32 Å². The molecule has 1 saturated carbocycles. The molecule has 0 saturated heterocycles. The zero-order valence-corrected chi connectivity index (χ0v) is 11.8. The lowest BCUT2D eigenvalue weighted by Gasteiger charge is -2.11. The predicted octanol–water partition coefficient (Wildman–Crippen LogP) is 3.64. The van der Waals surface area contributed by atoms with Gasteiger partial charge in [-0.15, -0.1) is 0 Å². The van der Waals surface area contributed by atoms with Crippen LogP contribution in [0.2, 0.25) is 0 Å². The highest BCUT2D eigenvalue weighted by Crippen LogP contribution is 2.28. The first-order valence-electron chi connectivity index (χ1n) is 6.31. The lowest BCUT2D eigenvalue weighted by Crippen LogP contribution is -2.21. The molecule has 1 aliphatic carbocycles. The van der Waals surface area contributed by atoms with E-state index in [0.717, 1.165) is 18.0 Å². The molecule has 1 aliphatic rings. The predicted molar refractivity (Wildman–Crippen MR) is 74.5 cm³/mol. The van der Waals surface area contributed by atoms with E-state index in [2.05, 4.69) is 21.2 Å². The molecular weight excluding hydrogens is 296 g/mol. The number of nitro benzene ring substituents is 1. The van der Waals surface area contributed by atoms with E-state index < -0.39 is 0 Å². The van der Waals surface area contributed by atoms with E-state index in [4.69, 9.17) is 0 Å². The Hall–Kier alpha value is -0.940. The molecule has 0 unspecified atom stereocenters. The molecule has 1 aromatic carbocycles. The molecule has 0 amide bonds. The largest absolute Gasteiger partial charge is 0.312 e. The number of hydrogen-bond donors (Lipinski definition) is 1. The van der Waals surface area contributed by atoms with Crippen LogP contribution in [0.5, 0.6) is 0 Å². The maximum absolute atomic E-state index is 10.8. The van der Waals surface area contributed by atoms with Gasteiger partial charge in [0.15, 0.2) is 0 Å². The minimum atomic E-state index is -0.357. The fourth-order valence-corrected chi connectivity index (χ4v) is 3.02. The third-order valence-electron chi connectivity index (χ3n) is 3.48. The van der Waals surface area contributed by atoms with E-state index >= 15 is 0 Å². The number of halogens is 1. The number of rotatable bonds is 5. The minimum absolute atomic E-state index is 0.134. The Kier molecular flexibility index (Phi) is 4.72. The summed E-state index contributed by atoms with van der Waals surface area (Å²) in [6.45, 7) is 1.69. The maximum atomic E-state index is 10.8. The molecule has 0 radical (unpaired) electrons. The first-order valence-corrected chi connectivity index (χ1v) is 7.10. The molecule has 4 nitrogen and oxygen atoms in total. The Bertz CT molecular complexity index is 431. The van der Waals surface area contributed by atoms with E-state index in [9.17, 15) is 10.1 Å². The van der Waals surface area contributed by atoms with E-state index in [-0.39, 0.29) is 10.6 Å². The Balaban J connectivity index is 1.92. The van der Waals surface area contributed by atoms with Gasteiger partial charge in [0.05, 0.1) is 9.40 Å². The van der Waals surface area contributed by atoms with Gasteiger partial charge in [-0.3, -0.25) is 10.1 Å². The van der Waals surface area contributed by atoms with Crippen LogP contribution in [0, 0.1) is 16.0 Å². The second-order valence-electron chi connectivity index (χ2n) is 4.79. The van der Waals surface area contributed by atoms with Crippen molar-refractivity contribution in [3.05, 3.63) is 38.3 Å². The SMILES string of the molecule is O=[N+]([O-])c1cccc(CNCC2CCCC2)c1Br. The van der Waals surface area contributed by atoms with Gasteiger partial charge in [-0.05, 0) is 46.8 Å². The van der Waals surface area contributed by atoms with Gasteiger partial charge in [0, 0.05) is 12.6 Å². The number of nitro groups is 1. The second kappa shape index (κ2) is 6.29. The van der Waals surface area contributed by atoms with E-state index in [0.29, 0.717) is 11.0 Å². The van der Waals surface area contributed by atoms with Crippen molar-refractivity contribution in [1.29, 1.82) is 0 Å². The van der Waals surface area contributed by atoms with E-state index in [1.54, 1.807) is 6.07 Å². The summed E-state index contributed by atoms with van der Waals surface area (Å²) in [6, 6.07) is 5.17. The molecular formula is C13H17BrN2O2. The number of benzene rings is 1. The molecule has 0 heterocycles. The summed E-state index contributed by atoms with van der Waals surface area (Å²) in [7, 11) is 0. The number of nitrogens with one attached hydrogen (secondary N) is 1. The second-order valence-corrected chi connectivity index (χ2v) is 5.58. The van der Waals surface area contributed by atoms with Gasteiger partial charge in [-0.2, -0.15) is 0 Å². The van der Waals surface area contributed by atoms with Crippen molar-refractivity contribution >= 4 is 21.6 Å². The molecule has 98 valence electrons. The zero-order chi connectivity index (χ0) is 13.0. The normalized spacial score (nSPS) is 16.1. The average molecular weight is 313 g/mol. The Morgan fingerprint density at radius 3 is 2.78 bits per heavy atom. The van der Waals surface area contributed by atoms with Crippen LogP contribution in [0.1, 0.15) is 31.2 Å². The van der Waals surface area contributed by atoms with Crippen LogP contribution in [-0.2, 0) is 6.54 Å². The molecule has 5 heteroatoms. The smallest absolute Gasteiger partial charge is 0.283 e. The molecule has 18 heavy (non-hydrogen) atoms. The molecule has 1 aromatic rings. The van der Waals surface area contributed by atoms with Crippen molar-refractivity contribution < 1.29 is 4.92 Å². The van der Waals surface area contributed by atoms with Crippen LogP contribution in [-0.4, -0.2) is 11.5 Å². The standard InChI is InChI=1S/C13H17BrN2O2/c14-13-11(6-3-7-12(13)16(17)18)9-15-8-10-4-1-2-5-10/h3,6-7,10,15H,1-2,4-5,8-9H2. The van der Waals surface area contributed by atoms with E-state index in [1.807, 2.05) is 6.07 Å². The van der Waals surface area contributed by atoms with Gasteiger partial charge in [-0.1, -0.05) is 25.0 Å².